The molecule has 2 rings (SSSR count). The number of hydrogen-bond donors (Lipinski definition) is 1. The molecule has 1 aliphatic rings. The van der Waals surface area contributed by atoms with Crippen LogP contribution in [0.2, 0.25) is 0 Å². The third-order valence-corrected chi connectivity index (χ3v) is 3.97. The summed E-state index contributed by atoms with van der Waals surface area (Å²) < 4.78 is 49.3. The lowest BCUT2D eigenvalue weighted by Crippen LogP contribution is -2.28. The second kappa shape index (κ2) is 6.46. The third-order valence-electron chi connectivity index (χ3n) is 2.72. The monoisotopic (exact) mass is 322 g/mol. The Morgan fingerprint density at radius 3 is 2.57 bits per heavy atom. The highest BCUT2D eigenvalue weighted by Crippen LogP contribution is 2.40. The van der Waals surface area contributed by atoms with E-state index in [1.165, 1.54) is 18.2 Å². The van der Waals surface area contributed by atoms with Crippen LogP contribution in [0.1, 0.15) is 12.8 Å². The molecule has 0 saturated heterocycles. The van der Waals surface area contributed by atoms with Crippen LogP contribution in [0.25, 0.3) is 0 Å². The normalized spacial score (nSPS) is 16.1. The second-order valence-electron chi connectivity index (χ2n) is 4.40. The number of fused-ring (bicyclic) bond motifs is 1. The number of carbonyl (C=O) groups is 1. The summed E-state index contributed by atoms with van der Waals surface area (Å²) in [6, 6.07) is 4.46. The standard InChI is InChI=1S/C13H13F3O4S/c14-13(15,16)11(7-12(17)18)21-8-2-3-9-10(6-8)20-5-1-4-19-9/h2-3,6,11H,1,4-5,7H2,(H,17,18). The van der Waals surface area contributed by atoms with Gasteiger partial charge in [0, 0.05) is 11.3 Å². The molecular weight excluding hydrogens is 309 g/mol. The van der Waals surface area contributed by atoms with Crippen molar-refractivity contribution in [2.75, 3.05) is 13.2 Å². The third kappa shape index (κ3) is 4.45. The summed E-state index contributed by atoms with van der Waals surface area (Å²) >= 11 is 0.462. The maximum atomic E-state index is 12.8. The van der Waals surface area contributed by atoms with Crippen molar-refractivity contribution in [1.82, 2.24) is 0 Å². The van der Waals surface area contributed by atoms with Crippen molar-refractivity contribution >= 4 is 17.7 Å². The van der Waals surface area contributed by atoms with Gasteiger partial charge >= 0.3 is 12.1 Å². The Morgan fingerprint density at radius 2 is 1.95 bits per heavy atom. The zero-order valence-electron chi connectivity index (χ0n) is 10.9. The molecule has 1 aromatic carbocycles. The molecule has 0 aromatic heterocycles. The maximum Gasteiger partial charge on any atom is 0.401 e. The van der Waals surface area contributed by atoms with Gasteiger partial charge < -0.3 is 14.6 Å². The predicted molar refractivity (Wildman–Crippen MR) is 70.0 cm³/mol. The number of carboxylic acids is 1. The highest BCUT2D eigenvalue weighted by Gasteiger charge is 2.41. The van der Waals surface area contributed by atoms with E-state index in [2.05, 4.69) is 0 Å². The van der Waals surface area contributed by atoms with Gasteiger partial charge in [0.1, 0.15) is 5.25 Å². The summed E-state index contributed by atoms with van der Waals surface area (Å²) in [4.78, 5) is 10.9. The Kier molecular flexibility index (Phi) is 4.87. The van der Waals surface area contributed by atoms with E-state index in [0.29, 0.717) is 47.8 Å². The van der Waals surface area contributed by atoms with Crippen LogP contribution in [0.3, 0.4) is 0 Å². The Balaban J connectivity index is 2.17. The molecule has 1 N–H and O–H groups in total. The largest absolute Gasteiger partial charge is 0.490 e. The first-order valence-corrected chi connectivity index (χ1v) is 7.09. The van der Waals surface area contributed by atoms with E-state index in [1.54, 1.807) is 0 Å². The van der Waals surface area contributed by atoms with E-state index in [9.17, 15) is 18.0 Å². The summed E-state index contributed by atoms with van der Waals surface area (Å²) in [6.07, 6.45) is -4.88. The van der Waals surface area contributed by atoms with Crippen LogP contribution in [0.5, 0.6) is 11.5 Å². The molecule has 116 valence electrons. The minimum absolute atomic E-state index is 0.294. The molecule has 0 saturated carbocycles. The number of rotatable bonds is 4. The molecule has 1 aliphatic heterocycles. The lowest BCUT2D eigenvalue weighted by molar-refractivity contribution is -0.149. The molecule has 0 spiro atoms. The van der Waals surface area contributed by atoms with Gasteiger partial charge in [-0.2, -0.15) is 13.2 Å². The van der Waals surface area contributed by atoms with Crippen LogP contribution in [-0.2, 0) is 4.79 Å². The average Bonchev–Trinajstić information content (AvgIpc) is 2.61. The Morgan fingerprint density at radius 1 is 1.29 bits per heavy atom. The fraction of sp³-hybridized carbons (Fsp3) is 0.462. The van der Waals surface area contributed by atoms with Crippen molar-refractivity contribution in [3.8, 4) is 11.5 Å². The summed E-state index contributed by atoms with van der Waals surface area (Å²) in [7, 11) is 0. The minimum atomic E-state index is -4.59. The average molecular weight is 322 g/mol. The summed E-state index contributed by atoms with van der Waals surface area (Å²) in [6.45, 7) is 0.919. The van der Waals surface area contributed by atoms with Crippen molar-refractivity contribution in [1.29, 1.82) is 0 Å². The topological polar surface area (TPSA) is 55.8 Å². The minimum Gasteiger partial charge on any atom is -0.490 e. The van der Waals surface area contributed by atoms with Gasteiger partial charge in [-0.1, -0.05) is 0 Å². The first kappa shape index (κ1) is 15.8. The molecule has 1 atom stereocenters. The van der Waals surface area contributed by atoms with Crippen molar-refractivity contribution in [3.05, 3.63) is 18.2 Å². The molecule has 4 nitrogen and oxygen atoms in total. The van der Waals surface area contributed by atoms with E-state index >= 15 is 0 Å². The van der Waals surface area contributed by atoms with Gasteiger partial charge in [0.2, 0.25) is 0 Å². The first-order chi connectivity index (χ1) is 9.86. The first-order valence-electron chi connectivity index (χ1n) is 6.21. The molecule has 0 aliphatic carbocycles. The Hall–Kier alpha value is -1.57. The van der Waals surface area contributed by atoms with E-state index in [0.717, 1.165) is 0 Å². The van der Waals surface area contributed by atoms with Gasteiger partial charge in [0.05, 0.1) is 19.6 Å². The molecule has 0 radical (unpaired) electrons. The zero-order valence-corrected chi connectivity index (χ0v) is 11.7. The van der Waals surface area contributed by atoms with Crippen LogP contribution < -0.4 is 9.47 Å². The van der Waals surface area contributed by atoms with Gasteiger partial charge in [-0.25, -0.2) is 0 Å². The summed E-state index contributed by atoms with van der Waals surface area (Å²) in [5.74, 6) is -0.619. The van der Waals surface area contributed by atoms with E-state index < -0.39 is 23.8 Å². The van der Waals surface area contributed by atoms with E-state index in [4.69, 9.17) is 14.6 Å². The molecule has 8 heteroatoms. The highest BCUT2D eigenvalue weighted by atomic mass is 32.2. The lowest BCUT2D eigenvalue weighted by Gasteiger charge is -2.18. The van der Waals surface area contributed by atoms with Crippen molar-refractivity contribution in [2.24, 2.45) is 0 Å². The number of benzene rings is 1. The molecule has 21 heavy (non-hydrogen) atoms. The van der Waals surface area contributed by atoms with Crippen molar-refractivity contribution in [2.45, 2.75) is 29.2 Å². The number of thioether (sulfide) groups is 1. The number of ether oxygens (including phenoxy) is 2. The number of halogens is 3. The fourth-order valence-electron chi connectivity index (χ4n) is 1.76. The number of carboxylic acid groups (broad SMARTS) is 1. The Bertz CT molecular complexity index is 519. The molecule has 0 fully saturated rings. The van der Waals surface area contributed by atoms with Crippen molar-refractivity contribution < 1.29 is 32.5 Å². The number of alkyl halides is 3. The van der Waals surface area contributed by atoms with Crippen LogP contribution in [0.4, 0.5) is 13.2 Å². The van der Waals surface area contributed by atoms with E-state index in [-0.39, 0.29) is 0 Å². The second-order valence-corrected chi connectivity index (χ2v) is 5.68. The molecule has 0 bridgehead atoms. The number of hydrogen-bond acceptors (Lipinski definition) is 4. The zero-order chi connectivity index (χ0) is 15.5. The van der Waals surface area contributed by atoms with Gasteiger partial charge in [-0.15, -0.1) is 11.8 Å². The fourth-order valence-corrected chi connectivity index (χ4v) is 2.77. The molecule has 1 aromatic rings. The molecular formula is C13H13F3O4S. The molecule has 0 amide bonds. The van der Waals surface area contributed by atoms with Crippen LogP contribution >= 0.6 is 11.8 Å². The SMILES string of the molecule is O=C(O)CC(Sc1ccc2c(c1)OCCCO2)C(F)(F)F. The lowest BCUT2D eigenvalue weighted by atomic mass is 10.3. The Labute approximate surface area is 123 Å². The van der Waals surface area contributed by atoms with Gasteiger partial charge in [0.25, 0.3) is 0 Å². The predicted octanol–water partition coefficient (Wildman–Crippen LogP) is 3.35. The summed E-state index contributed by atoms with van der Waals surface area (Å²) in [5.41, 5.74) is 0. The van der Waals surface area contributed by atoms with Crippen LogP contribution in [-0.4, -0.2) is 35.7 Å². The van der Waals surface area contributed by atoms with Gasteiger partial charge in [-0.05, 0) is 18.2 Å². The quantitative estimate of drug-likeness (QED) is 0.862. The van der Waals surface area contributed by atoms with Gasteiger partial charge in [0.15, 0.2) is 11.5 Å². The summed E-state index contributed by atoms with van der Waals surface area (Å²) in [5, 5.41) is 6.60. The smallest absolute Gasteiger partial charge is 0.401 e. The highest BCUT2D eigenvalue weighted by molar-refractivity contribution is 8.00. The number of aliphatic carboxylic acids is 1. The van der Waals surface area contributed by atoms with Crippen molar-refractivity contribution in [3.63, 3.8) is 0 Å². The van der Waals surface area contributed by atoms with Gasteiger partial charge in [-0.3, -0.25) is 4.79 Å². The van der Waals surface area contributed by atoms with Crippen LogP contribution in [0, 0.1) is 0 Å². The maximum absolute atomic E-state index is 12.8. The molecule has 1 heterocycles. The van der Waals surface area contributed by atoms with E-state index in [1.807, 2.05) is 0 Å². The van der Waals surface area contributed by atoms with Crippen LogP contribution in [0.15, 0.2) is 23.1 Å². The molecule has 1 unspecified atom stereocenters.